The van der Waals surface area contributed by atoms with Crippen molar-refractivity contribution in [3.8, 4) is 5.75 Å². The lowest BCUT2D eigenvalue weighted by atomic mass is 10.1. The molecule has 0 radical (unpaired) electrons. The molecule has 0 spiro atoms. The third kappa shape index (κ3) is 3.91. The molecule has 5 nitrogen and oxygen atoms in total. The SMILES string of the molecule is Cc1cc(OCC(=O)N2CCCC2CC(=O)O)cc(C)c1Cl. The first kappa shape index (κ1) is 16.6. The molecule has 0 saturated carbocycles. The topological polar surface area (TPSA) is 66.8 Å². The molecule has 1 heterocycles. The summed E-state index contributed by atoms with van der Waals surface area (Å²) in [6.07, 6.45) is 1.56. The first-order valence-corrected chi connectivity index (χ1v) is 7.67. The maximum absolute atomic E-state index is 12.2. The highest BCUT2D eigenvalue weighted by Gasteiger charge is 2.30. The number of carbonyl (C=O) groups is 2. The standard InChI is InChI=1S/C16H20ClNO4/c1-10-6-13(7-11(2)16(10)17)22-9-14(19)18-5-3-4-12(18)8-15(20)21/h6-7,12H,3-5,8-9H2,1-2H3,(H,20,21). The summed E-state index contributed by atoms with van der Waals surface area (Å²) in [6, 6.07) is 3.37. The molecule has 1 N–H and O–H groups in total. The molecule has 120 valence electrons. The van der Waals surface area contributed by atoms with Crippen molar-refractivity contribution in [2.75, 3.05) is 13.2 Å². The van der Waals surface area contributed by atoms with Crippen LogP contribution >= 0.6 is 11.6 Å². The molecule has 1 aromatic carbocycles. The highest BCUT2D eigenvalue weighted by molar-refractivity contribution is 6.32. The Labute approximate surface area is 134 Å². The van der Waals surface area contributed by atoms with Crippen LogP contribution in [0.3, 0.4) is 0 Å². The average Bonchev–Trinajstić information content (AvgIpc) is 2.89. The van der Waals surface area contributed by atoms with Gasteiger partial charge in [-0.05, 0) is 49.9 Å². The zero-order valence-corrected chi connectivity index (χ0v) is 13.5. The number of aliphatic carboxylic acids is 1. The van der Waals surface area contributed by atoms with E-state index in [1.54, 1.807) is 17.0 Å². The summed E-state index contributed by atoms with van der Waals surface area (Å²) < 4.78 is 5.55. The van der Waals surface area contributed by atoms with Gasteiger partial charge in [0, 0.05) is 17.6 Å². The fraction of sp³-hybridized carbons (Fsp3) is 0.500. The van der Waals surface area contributed by atoms with Crippen molar-refractivity contribution >= 4 is 23.5 Å². The Bertz CT molecular complexity index is 565. The summed E-state index contributed by atoms with van der Waals surface area (Å²) in [5.41, 5.74) is 1.79. The molecule has 2 rings (SSSR count). The maximum Gasteiger partial charge on any atom is 0.305 e. The van der Waals surface area contributed by atoms with Crippen molar-refractivity contribution in [1.82, 2.24) is 4.90 Å². The summed E-state index contributed by atoms with van der Waals surface area (Å²) in [7, 11) is 0. The van der Waals surface area contributed by atoms with Crippen LogP contribution in [0.15, 0.2) is 12.1 Å². The number of likely N-dealkylation sites (tertiary alicyclic amines) is 1. The van der Waals surface area contributed by atoms with Gasteiger partial charge in [-0.25, -0.2) is 0 Å². The Morgan fingerprint density at radius 2 is 2.00 bits per heavy atom. The Balaban J connectivity index is 1.96. The minimum Gasteiger partial charge on any atom is -0.484 e. The normalized spacial score (nSPS) is 17.6. The summed E-state index contributed by atoms with van der Waals surface area (Å²) in [5, 5.41) is 9.58. The molecule has 1 atom stereocenters. The van der Waals surface area contributed by atoms with Gasteiger partial charge < -0.3 is 14.7 Å². The Hall–Kier alpha value is -1.75. The summed E-state index contributed by atoms with van der Waals surface area (Å²) >= 11 is 6.10. The third-order valence-corrected chi connectivity index (χ3v) is 4.48. The number of rotatable bonds is 5. The number of hydrogen-bond donors (Lipinski definition) is 1. The zero-order chi connectivity index (χ0) is 16.3. The van der Waals surface area contributed by atoms with E-state index in [-0.39, 0.29) is 25.0 Å². The third-order valence-electron chi connectivity index (χ3n) is 3.88. The number of ether oxygens (including phenoxy) is 1. The van der Waals surface area contributed by atoms with Gasteiger partial charge in [0.1, 0.15) is 5.75 Å². The van der Waals surface area contributed by atoms with E-state index < -0.39 is 5.97 Å². The van der Waals surface area contributed by atoms with Crippen molar-refractivity contribution < 1.29 is 19.4 Å². The van der Waals surface area contributed by atoms with Crippen molar-refractivity contribution in [2.24, 2.45) is 0 Å². The van der Waals surface area contributed by atoms with Gasteiger partial charge in [0.25, 0.3) is 5.91 Å². The Morgan fingerprint density at radius 3 is 2.59 bits per heavy atom. The lowest BCUT2D eigenvalue weighted by Crippen LogP contribution is -2.39. The first-order chi connectivity index (χ1) is 10.4. The molecular weight excluding hydrogens is 306 g/mol. The lowest BCUT2D eigenvalue weighted by Gasteiger charge is -2.23. The predicted octanol–water partition coefficient (Wildman–Crippen LogP) is 2.80. The Kier molecular flexibility index (Phi) is 5.29. The van der Waals surface area contributed by atoms with Gasteiger partial charge in [0.2, 0.25) is 0 Å². The maximum atomic E-state index is 12.2. The molecule has 0 aliphatic carbocycles. The van der Waals surface area contributed by atoms with E-state index in [2.05, 4.69) is 0 Å². The summed E-state index contributed by atoms with van der Waals surface area (Å²) in [6.45, 7) is 4.27. The second kappa shape index (κ2) is 7.01. The number of hydrogen-bond acceptors (Lipinski definition) is 3. The van der Waals surface area contributed by atoms with Crippen LogP contribution in [-0.4, -0.2) is 41.1 Å². The van der Waals surface area contributed by atoms with Gasteiger partial charge in [-0.3, -0.25) is 9.59 Å². The molecule has 1 amide bonds. The van der Waals surface area contributed by atoms with Crippen molar-refractivity contribution in [3.63, 3.8) is 0 Å². The molecule has 22 heavy (non-hydrogen) atoms. The van der Waals surface area contributed by atoms with E-state index in [4.69, 9.17) is 21.4 Å². The van der Waals surface area contributed by atoms with E-state index in [0.29, 0.717) is 17.3 Å². The molecule has 6 heteroatoms. The number of amides is 1. The van der Waals surface area contributed by atoms with Crippen molar-refractivity contribution in [2.45, 2.75) is 39.2 Å². The fourth-order valence-electron chi connectivity index (χ4n) is 2.80. The molecule has 1 aromatic rings. The fourth-order valence-corrected chi connectivity index (χ4v) is 2.90. The van der Waals surface area contributed by atoms with Gasteiger partial charge >= 0.3 is 5.97 Å². The van der Waals surface area contributed by atoms with Crippen molar-refractivity contribution in [1.29, 1.82) is 0 Å². The summed E-state index contributed by atoms with van der Waals surface area (Å²) in [5.74, 6) is -0.453. The lowest BCUT2D eigenvalue weighted by molar-refractivity contribution is -0.140. The quantitative estimate of drug-likeness (QED) is 0.904. The van der Waals surface area contributed by atoms with Crippen LogP contribution in [0.25, 0.3) is 0 Å². The van der Waals surface area contributed by atoms with Gasteiger partial charge in [-0.2, -0.15) is 0 Å². The molecule has 1 saturated heterocycles. The number of carboxylic acid groups (broad SMARTS) is 1. The van der Waals surface area contributed by atoms with Crippen LogP contribution < -0.4 is 4.74 Å². The first-order valence-electron chi connectivity index (χ1n) is 7.29. The van der Waals surface area contributed by atoms with E-state index >= 15 is 0 Å². The highest BCUT2D eigenvalue weighted by atomic mass is 35.5. The minimum atomic E-state index is -0.880. The number of carbonyl (C=O) groups excluding carboxylic acids is 1. The van der Waals surface area contributed by atoms with Crippen LogP contribution in [0.4, 0.5) is 0 Å². The zero-order valence-electron chi connectivity index (χ0n) is 12.8. The highest BCUT2D eigenvalue weighted by Crippen LogP contribution is 2.26. The van der Waals surface area contributed by atoms with Crippen molar-refractivity contribution in [3.05, 3.63) is 28.3 Å². The molecule has 1 aliphatic rings. The van der Waals surface area contributed by atoms with Crippen LogP contribution in [0.1, 0.15) is 30.4 Å². The molecule has 1 aliphatic heterocycles. The predicted molar refractivity (Wildman–Crippen MR) is 83.4 cm³/mol. The van der Waals surface area contributed by atoms with Gasteiger partial charge in [0.05, 0.1) is 6.42 Å². The minimum absolute atomic E-state index is 0.00903. The monoisotopic (exact) mass is 325 g/mol. The van der Waals surface area contributed by atoms with Gasteiger partial charge in [-0.15, -0.1) is 0 Å². The Morgan fingerprint density at radius 1 is 1.36 bits per heavy atom. The molecular formula is C16H20ClNO4. The summed E-state index contributed by atoms with van der Waals surface area (Å²) in [4.78, 5) is 24.7. The smallest absolute Gasteiger partial charge is 0.305 e. The van der Waals surface area contributed by atoms with E-state index in [0.717, 1.165) is 24.0 Å². The second-order valence-electron chi connectivity index (χ2n) is 5.64. The number of halogens is 1. The number of carboxylic acids is 1. The molecule has 1 fully saturated rings. The van der Waals surface area contributed by atoms with Crippen LogP contribution in [0.5, 0.6) is 5.75 Å². The average molecular weight is 326 g/mol. The molecule has 0 bridgehead atoms. The largest absolute Gasteiger partial charge is 0.484 e. The van der Waals surface area contributed by atoms with Crippen LogP contribution in [0.2, 0.25) is 5.02 Å². The molecule has 1 unspecified atom stereocenters. The van der Waals surface area contributed by atoms with E-state index in [1.165, 1.54) is 0 Å². The second-order valence-corrected chi connectivity index (χ2v) is 6.02. The number of nitrogens with zero attached hydrogens (tertiary/aromatic N) is 1. The van der Waals surface area contributed by atoms with Crippen LogP contribution in [-0.2, 0) is 9.59 Å². The van der Waals surface area contributed by atoms with Crippen LogP contribution in [0, 0.1) is 13.8 Å². The van der Waals surface area contributed by atoms with E-state index in [9.17, 15) is 9.59 Å². The van der Waals surface area contributed by atoms with Gasteiger partial charge in [-0.1, -0.05) is 11.6 Å². The number of benzene rings is 1. The molecule has 0 aromatic heterocycles. The van der Waals surface area contributed by atoms with E-state index in [1.807, 2.05) is 13.8 Å². The van der Waals surface area contributed by atoms with Gasteiger partial charge in [0.15, 0.2) is 6.61 Å². The number of aryl methyl sites for hydroxylation is 2.